The number of anilines is 1. The summed E-state index contributed by atoms with van der Waals surface area (Å²) in [6.07, 6.45) is 0.217. The Morgan fingerprint density at radius 1 is 0.963 bits per heavy atom. The summed E-state index contributed by atoms with van der Waals surface area (Å²) >= 11 is 0. The van der Waals surface area contributed by atoms with Crippen LogP contribution < -0.4 is 5.32 Å². The molecule has 0 atom stereocenters. The molecule has 0 aliphatic heterocycles. The minimum Gasteiger partial charge on any atom is -0.326 e. The monoisotopic (exact) mass is 382 g/mol. The Hall–Kier alpha value is -2.70. The SMILES string of the molecule is Cc1ccc(S(=O)(=O)N(C)C)cc1NC(=O)Cc1ccc2ccccc2c1. The van der Waals surface area contributed by atoms with Gasteiger partial charge in [0.15, 0.2) is 0 Å². The molecule has 0 aromatic heterocycles. The lowest BCUT2D eigenvalue weighted by Gasteiger charge is -2.14. The third-order valence-corrected chi connectivity index (χ3v) is 6.25. The van der Waals surface area contributed by atoms with Crippen LogP contribution in [0.4, 0.5) is 5.69 Å². The fourth-order valence-electron chi connectivity index (χ4n) is 2.84. The number of nitrogens with zero attached hydrogens (tertiary/aromatic N) is 1. The molecule has 5 nitrogen and oxygen atoms in total. The van der Waals surface area contributed by atoms with Crippen molar-refractivity contribution in [2.75, 3.05) is 19.4 Å². The van der Waals surface area contributed by atoms with Crippen LogP contribution in [-0.4, -0.2) is 32.7 Å². The lowest BCUT2D eigenvalue weighted by molar-refractivity contribution is -0.115. The molecule has 1 amide bonds. The molecule has 140 valence electrons. The van der Waals surface area contributed by atoms with E-state index in [4.69, 9.17) is 0 Å². The highest BCUT2D eigenvalue weighted by Crippen LogP contribution is 2.22. The van der Waals surface area contributed by atoms with E-state index < -0.39 is 10.0 Å². The van der Waals surface area contributed by atoms with Gasteiger partial charge in [0.1, 0.15) is 0 Å². The molecule has 0 saturated heterocycles. The Bertz CT molecular complexity index is 1110. The maximum absolute atomic E-state index is 12.5. The summed E-state index contributed by atoms with van der Waals surface area (Å²) in [5, 5.41) is 5.04. The molecule has 1 N–H and O–H groups in total. The van der Waals surface area contributed by atoms with Crippen LogP contribution in [0.3, 0.4) is 0 Å². The number of rotatable bonds is 5. The third kappa shape index (κ3) is 4.18. The number of carbonyl (C=O) groups excluding carboxylic acids is 1. The molecule has 0 radical (unpaired) electrons. The number of benzene rings is 3. The van der Waals surface area contributed by atoms with Crippen molar-refractivity contribution in [3.8, 4) is 0 Å². The average Bonchev–Trinajstić information content (AvgIpc) is 2.63. The summed E-state index contributed by atoms with van der Waals surface area (Å²) in [7, 11) is -0.594. The molecular weight excluding hydrogens is 360 g/mol. The van der Waals surface area contributed by atoms with Crippen LogP contribution in [0.25, 0.3) is 10.8 Å². The predicted octanol–water partition coefficient (Wildman–Crippen LogP) is 3.58. The topological polar surface area (TPSA) is 66.5 Å². The molecule has 3 rings (SSSR count). The lowest BCUT2D eigenvalue weighted by Crippen LogP contribution is -2.22. The molecule has 0 spiro atoms. The van der Waals surface area contributed by atoms with Gasteiger partial charge >= 0.3 is 0 Å². The zero-order valence-corrected chi connectivity index (χ0v) is 16.4. The van der Waals surface area contributed by atoms with Crippen molar-refractivity contribution >= 4 is 32.4 Å². The fourth-order valence-corrected chi connectivity index (χ4v) is 3.76. The Balaban J connectivity index is 1.80. The van der Waals surface area contributed by atoms with Crippen molar-refractivity contribution in [3.63, 3.8) is 0 Å². The van der Waals surface area contributed by atoms with E-state index in [2.05, 4.69) is 5.32 Å². The average molecular weight is 382 g/mol. The summed E-state index contributed by atoms with van der Waals surface area (Å²) in [5.74, 6) is -0.187. The van der Waals surface area contributed by atoms with Gasteiger partial charge in [-0.3, -0.25) is 4.79 Å². The molecule has 3 aromatic carbocycles. The smallest absolute Gasteiger partial charge is 0.242 e. The summed E-state index contributed by atoms with van der Waals surface area (Å²) < 4.78 is 25.8. The van der Waals surface area contributed by atoms with Crippen LogP contribution in [-0.2, 0) is 21.2 Å². The van der Waals surface area contributed by atoms with E-state index in [-0.39, 0.29) is 17.2 Å². The summed E-state index contributed by atoms with van der Waals surface area (Å²) in [4.78, 5) is 12.6. The second kappa shape index (κ2) is 7.50. The van der Waals surface area contributed by atoms with Crippen LogP contribution in [0.1, 0.15) is 11.1 Å². The van der Waals surface area contributed by atoms with Gasteiger partial charge < -0.3 is 5.32 Å². The number of carbonyl (C=O) groups is 1. The highest BCUT2D eigenvalue weighted by atomic mass is 32.2. The predicted molar refractivity (Wildman–Crippen MR) is 108 cm³/mol. The summed E-state index contributed by atoms with van der Waals surface area (Å²) in [6, 6.07) is 18.6. The standard InChI is InChI=1S/C21H22N2O3S/c1-15-8-11-19(27(25,26)23(2)3)14-20(15)22-21(24)13-16-9-10-17-6-4-5-7-18(17)12-16/h4-12,14H,13H2,1-3H3,(H,22,24). The van der Waals surface area contributed by atoms with E-state index in [0.29, 0.717) is 5.69 Å². The maximum Gasteiger partial charge on any atom is 0.242 e. The molecule has 6 heteroatoms. The number of sulfonamides is 1. The molecule has 0 fully saturated rings. The molecule has 0 aliphatic rings. The molecule has 0 heterocycles. The number of amides is 1. The van der Waals surface area contributed by atoms with E-state index in [1.807, 2.05) is 49.4 Å². The quantitative estimate of drug-likeness (QED) is 0.733. The Kier molecular flexibility index (Phi) is 5.30. The molecule has 0 saturated carbocycles. The van der Waals surface area contributed by atoms with Crippen LogP contribution >= 0.6 is 0 Å². The van der Waals surface area contributed by atoms with Gasteiger partial charge in [0, 0.05) is 19.8 Å². The molecule has 0 bridgehead atoms. The Morgan fingerprint density at radius 3 is 2.37 bits per heavy atom. The van der Waals surface area contributed by atoms with E-state index in [1.54, 1.807) is 12.1 Å². The highest BCUT2D eigenvalue weighted by Gasteiger charge is 2.18. The number of hydrogen-bond acceptors (Lipinski definition) is 3. The molecule has 27 heavy (non-hydrogen) atoms. The van der Waals surface area contributed by atoms with Gasteiger partial charge in [0.2, 0.25) is 15.9 Å². The van der Waals surface area contributed by atoms with Gasteiger partial charge in [-0.05, 0) is 41.0 Å². The van der Waals surface area contributed by atoms with E-state index in [9.17, 15) is 13.2 Å². The first kappa shape index (κ1) is 19.1. The molecule has 0 aliphatic carbocycles. The van der Waals surface area contributed by atoms with Crippen LogP contribution in [0.2, 0.25) is 0 Å². The summed E-state index contributed by atoms with van der Waals surface area (Å²) in [6.45, 7) is 1.83. The minimum atomic E-state index is -3.55. The molecular formula is C21H22N2O3S. The van der Waals surface area contributed by atoms with Crippen LogP contribution in [0.5, 0.6) is 0 Å². The fraction of sp³-hybridized carbons (Fsp3) is 0.190. The van der Waals surface area contributed by atoms with E-state index >= 15 is 0 Å². The van der Waals surface area contributed by atoms with Gasteiger partial charge in [-0.1, -0.05) is 48.5 Å². The van der Waals surface area contributed by atoms with E-state index in [0.717, 1.165) is 26.2 Å². The largest absolute Gasteiger partial charge is 0.326 e. The third-order valence-electron chi connectivity index (χ3n) is 4.44. The lowest BCUT2D eigenvalue weighted by atomic mass is 10.0. The number of nitrogens with one attached hydrogen (secondary N) is 1. The van der Waals surface area contributed by atoms with Crippen molar-refractivity contribution in [2.45, 2.75) is 18.2 Å². The minimum absolute atomic E-state index is 0.152. The van der Waals surface area contributed by atoms with Crippen molar-refractivity contribution in [2.24, 2.45) is 0 Å². The van der Waals surface area contributed by atoms with Gasteiger partial charge in [0.25, 0.3) is 0 Å². The van der Waals surface area contributed by atoms with Crippen LogP contribution in [0, 0.1) is 6.92 Å². The van der Waals surface area contributed by atoms with Crippen molar-refractivity contribution < 1.29 is 13.2 Å². The second-order valence-electron chi connectivity index (χ2n) is 6.67. The highest BCUT2D eigenvalue weighted by molar-refractivity contribution is 7.89. The number of hydrogen-bond donors (Lipinski definition) is 1. The van der Waals surface area contributed by atoms with Gasteiger partial charge in [0.05, 0.1) is 11.3 Å². The Labute approximate surface area is 159 Å². The number of fused-ring (bicyclic) bond motifs is 1. The van der Waals surface area contributed by atoms with Crippen molar-refractivity contribution in [1.82, 2.24) is 4.31 Å². The maximum atomic E-state index is 12.5. The van der Waals surface area contributed by atoms with Crippen LogP contribution in [0.15, 0.2) is 65.6 Å². The van der Waals surface area contributed by atoms with E-state index in [1.165, 1.54) is 20.2 Å². The van der Waals surface area contributed by atoms with Gasteiger partial charge in [-0.2, -0.15) is 0 Å². The zero-order chi connectivity index (χ0) is 19.6. The summed E-state index contributed by atoms with van der Waals surface area (Å²) in [5.41, 5.74) is 2.21. The first-order valence-corrected chi connectivity index (χ1v) is 10.0. The molecule has 3 aromatic rings. The van der Waals surface area contributed by atoms with Crippen molar-refractivity contribution in [3.05, 3.63) is 71.8 Å². The van der Waals surface area contributed by atoms with Crippen molar-refractivity contribution in [1.29, 1.82) is 0 Å². The Morgan fingerprint density at radius 2 is 1.67 bits per heavy atom. The van der Waals surface area contributed by atoms with Gasteiger partial charge in [-0.15, -0.1) is 0 Å². The normalized spacial score (nSPS) is 11.7. The van der Waals surface area contributed by atoms with Gasteiger partial charge in [-0.25, -0.2) is 12.7 Å². The first-order chi connectivity index (χ1) is 12.8. The first-order valence-electron chi connectivity index (χ1n) is 8.58. The second-order valence-corrected chi connectivity index (χ2v) is 8.82. The molecule has 0 unspecified atom stereocenters. The zero-order valence-electron chi connectivity index (χ0n) is 15.6. The number of aryl methyl sites for hydroxylation is 1.